The first-order chi connectivity index (χ1) is 13.8. The van der Waals surface area contributed by atoms with Gasteiger partial charge in [-0.15, -0.1) is 0 Å². The van der Waals surface area contributed by atoms with Crippen molar-refractivity contribution in [1.29, 1.82) is 5.26 Å². The van der Waals surface area contributed by atoms with Gasteiger partial charge in [-0.05, 0) is 25.6 Å². The van der Waals surface area contributed by atoms with E-state index in [0.717, 1.165) is 13.1 Å². The molecule has 1 aromatic heterocycles. The Bertz CT molecular complexity index is 1010. The van der Waals surface area contributed by atoms with Gasteiger partial charge in [-0.3, -0.25) is 10.1 Å². The average Bonchev–Trinajstić information content (AvgIpc) is 3.03. The van der Waals surface area contributed by atoms with E-state index in [9.17, 15) is 20.2 Å². The summed E-state index contributed by atoms with van der Waals surface area (Å²) in [5.41, 5.74) is 7.70. The molecule has 1 aromatic carbocycles. The number of hydrogen-bond acceptors (Lipinski definition) is 8. The summed E-state index contributed by atoms with van der Waals surface area (Å²) in [6, 6.07) is 5.11. The molecule has 1 aliphatic rings. The first-order valence-electron chi connectivity index (χ1n) is 9.00. The molecule has 2 aromatic rings. The van der Waals surface area contributed by atoms with Gasteiger partial charge in [0.2, 0.25) is 0 Å². The lowest BCUT2D eigenvalue weighted by molar-refractivity contribution is -0.384. The fourth-order valence-corrected chi connectivity index (χ4v) is 3.48. The van der Waals surface area contributed by atoms with Crippen molar-refractivity contribution in [3.63, 3.8) is 0 Å². The Kier molecular flexibility index (Phi) is 5.43. The molecular weight excluding hydrogens is 376 g/mol. The maximum absolute atomic E-state index is 12.3. The molecule has 152 valence electrons. The van der Waals surface area contributed by atoms with Crippen molar-refractivity contribution in [3.05, 3.63) is 45.3 Å². The Labute approximate surface area is 167 Å². The summed E-state index contributed by atoms with van der Waals surface area (Å²) < 4.78 is 6.29. The van der Waals surface area contributed by atoms with Crippen LogP contribution < -0.4 is 10.6 Å². The second kappa shape index (κ2) is 7.81. The average molecular weight is 398 g/mol. The molecule has 0 atom stereocenters. The van der Waals surface area contributed by atoms with Crippen molar-refractivity contribution in [2.45, 2.75) is 6.92 Å². The largest absolute Gasteiger partial charge is 0.464 e. The molecule has 29 heavy (non-hydrogen) atoms. The molecule has 0 spiro atoms. The van der Waals surface area contributed by atoms with Crippen molar-refractivity contribution in [3.8, 4) is 11.8 Å². The molecule has 1 fully saturated rings. The lowest BCUT2D eigenvalue weighted by Crippen LogP contribution is -2.44. The quantitative estimate of drug-likeness (QED) is 0.468. The molecule has 0 radical (unpaired) electrons. The van der Waals surface area contributed by atoms with Crippen LogP contribution in [-0.2, 0) is 4.74 Å². The van der Waals surface area contributed by atoms with E-state index in [0.29, 0.717) is 30.0 Å². The van der Waals surface area contributed by atoms with E-state index < -0.39 is 10.9 Å². The fraction of sp³-hybridized carbons (Fsp3) is 0.368. The highest BCUT2D eigenvalue weighted by Gasteiger charge is 2.27. The molecule has 0 unspecified atom stereocenters. The van der Waals surface area contributed by atoms with Crippen LogP contribution in [0.5, 0.6) is 0 Å². The van der Waals surface area contributed by atoms with Crippen LogP contribution in [-0.4, -0.2) is 60.7 Å². The van der Waals surface area contributed by atoms with Crippen molar-refractivity contribution < 1.29 is 14.5 Å². The number of rotatable bonds is 4. The number of piperazine rings is 1. The number of aromatic nitrogens is 1. The van der Waals surface area contributed by atoms with Crippen LogP contribution in [0.1, 0.15) is 21.6 Å². The number of methoxy groups -OCH3 is 1. The second-order valence-corrected chi connectivity index (χ2v) is 6.95. The summed E-state index contributed by atoms with van der Waals surface area (Å²) in [7, 11) is 3.23. The highest BCUT2D eigenvalue weighted by Crippen LogP contribution is 2.35. The first kappa shape index (κ1) is 20.2. The molecule has 0 amide bonds. The predicted molar refractivity (Wildman–Crippen MR) is 107 cm³/mol. The number of nitrogens with zero attached hydrogens (tertiary/aromatic N) is 5. The highest BCUT2D eigenvalue weighted by atomic mass is 16.6. The fourth-order valence-electron chi connectivity index (χ4n) is 3.48. The monoisotopic (exact) mass is 398 g/mol. The van der Waals surface area contributed by atoms with Gasteiger partial charge < -0.3 is 24.8 Å². The summed E-state index contributed by atoms with van der Waals surface area (Å²) in [5, 5.41) is 21.0. The Morgan fingerprint density at radius 1 is 1.28 bits per heavy atom. The summed E-state index contributed by atoms with van der Waals surface area (Å²) in [4.78, 5) is 27.7. The van der Waals surface area contributed by atoms with E-state index in [1.165, 1.54) is 23.9 Å². The van der Waals surface area contributed by atoms with Gasteiger partial charge in [0.15, 0.2) is 5.69 Å². The van der Waals surface area contributed by atoms with Crippen LogP contribution in [0.4, 0.5) is 17.1 Å². The maximum atomic E-state index is 12.3. The molecular formula is C19H22N6O4. The number of aryl methyl sites for hydroxylation is 1. The molecule has 1 aliphatic heterocycles. The topological polar surface area (TPSA) is 131 Å². The minimum Gasteiger partial charge on any atom is -0.464 e. The van der Waals surface area contributed by atoms with Crippen LogP contribution in [0.25, 0.3) is 5.69 Å². The summed E-state index contributed by atoms with van der Waals surface area (Å²) >= 11 is 0. The summed E-state index contributed by atoms with van der Waals surface area (Å²) in [6.07, 6.45) is 1.45. The highest BCUT2D eigenvalue weighted by molar-refractivity contribution is 5.96. The lowest BCUT2D eigenvalue weighted by Gasteiger charge is -2.34. The minimum atomic E-state index is -0.692. The van der Waals surface area contributed by atoms with E-state index in [2.05, 4.69) is 4.90 Å². The van der Waals surface area contributed by atoms with Gasteiger partial charge in [0.1, 0.15) is 11.8 Å². The standard InChI is InChI=1S/C19H22N6O4/c1-12-8-16(25(27)28)15(23-6-4-22(2)5-7-23)9-14(12)24-11-13(10-20)17(21)18(24)19(26)29-3/h8-9,11H,4-7,21H2,1-3H3. The Hall–Kier alpha value is -3.58. The van der Waals surface area contributed by atoms with Gasteiger partial charge in [0, 0.05) is 38.4 Å². The molecule has 2 heterocycles. The number of carbonyl (C=O) groups excluding carboxylic acids is 1. The number of nitrogen functional groups attached to an aromatic ring is 1. The summed E-state index contributed by atoms with van der Waals surface area (Å²) in [5.74, 6) is -0.692. The van der Waals surface area contributed by atoms with Crippen molar-refractivity contribution in [2.75, 3.05) is 51.0 Å². The SMILES string of the molecule is COC(=O)c1c(N)c(C#N)cn1-c1cc(N2CCN(C)CC2)c([N+](=O)[O-])cc1C. The van der Waals surface area contributed by atoms with Crippen LogP contribution in [0.2, 0.25) is 0 Å². The number of anilines is 2. The third-order valence-electron chi connectivity index (χ3n) is 5.14. The van der Waals surface area contributed by atoms with Gasteiger partial charge in [-0.2, -0.15) is 5.26 Å². The number of carbonyl (C=O) groups is 1. The zero-order chi connectivity index (χ0) is 21.3. The van der Waals surface area contributed by atoms with Gasteiger partial charge in [0.05, 0.1) is 29.0 Å². The number of nitro benzene ring substituents is 1. The zero-order valence-corrected chi connectivity index (χ0v) is 16.5. The number of likely N-dealkylation sites (N-methyl/N-ethyl adjacent to an activating group) is 1. The van der Waals surface area contributed by atoms with E-state index in [-0.39, 0.29) is 22.6 Å². The van der Waals surface area contributed by atoms with Crippen LogP contribution in [0.15, 0.2) is 18.3 Å². The van der Waals surface area contributed by atoms with Gasteiger partial charge in [0.25, 0.3) is 5.69 Å². The molecule has 10 heteroatoms. The Morgan fingerprint density at radius 2 is 1.93 bits per heavy atom. The molecule has 3 rings (SSSR count). The second-order valence-electron chi connectivity index (χ2n) is 6.95. The van der Waals surface area contributed by atoms with Crippen molar-refractivity contribution in [2.24, 2.45) is 0 Å². The van der Waals surface area contributed by atoms with Crippen LogP contribution in [0.3, 0.4) is 0 Å². The number of nitrogens with two attached hydrogens (primary N) is 1. The van der Waals surface area contributed by atoms with Gasteiger partial charge >= 0.3 is 5.97 Å². The molecule has 0 bridgehead atoms. The number of esters is 1. The van der Waals surface area contributed by atoms with Gasteiger partial charge in [-0.25, -0.2) is 4.79 Å². The normalized spacial score (nSPS) is 14.5. The van der Waals surface area contributed by atoms with E-state index in [1.54, 1.807) is 13.0 Å². The van der Waals surface area contributed by atoms with Crippen LogP contribution >= 0.6 is 0 Å². The minimum absolute atomic E-state index is 0.00365. The predicted octanol–water partition coefficient (Wildman–Crippen LogP) is 1.69. The maximum Gasteiger partial charge on any atom is 0.357 e. The third kappa shape index (κ3) is 3.60. The summed E-state index contributed by atoms with van der Waals surface area (Å²) in [6.45, 7) is 4.55. The Balaban J connectivity index is 2.21. The number of nitro groups is 1. The molecule has 10 nitrogen and oxygen atoms in total. The molecule has 0 saturated carbocycles. The number of nitriles is 1. The van der Waals surface area contributed by atoms with E-state index in [4.69, 9.17) is 10.5 Å². The zero-order valence-electron chi connectivity index (χ0n) is 16.5. The van der Waals surface area contributed by atoms with E-state index in [1.807, 2.05) is 18.0 Å². The van der Waals surface area contributed by atoms with Crippen molar-refractivity contribution >= 4 is 23.0 Å². The number of ether oxygens (including phenoxy) is 1. The smallest absolute Gasteiger partial charge is 0.357 e. The van der Waals surface area contributed by atoms with E-state index >= 15 is 0 Å². The third-order valence-corrected chi connectivity index (χ3v) is 5.14. The number of benzene rings is 1. The van der Waals surface area contributed by atoms with Crippen LogP contribution in [0, 0.1) is 28.4 Å². The van der Waals surface area contributed by atoms with Crippen molar-refractivity contribution in [1.82, 2.24) is 9.47 Å². The lowest BCUT2D eigenvalue weighted by atomic mass is 10.1. The molecule has 0 aliphatic carbocycles. The van der Waals surface area contributed by atoms with Gasteiger partial charge in [-0.1, -0.05) is 0 Å². The molecule has 2 N–H and O–H groups in total. The number of hydrogen-bond donors (Lipinski definition) is 1. The first-order valence-corrected chi connectivity index (χ1v) is 9.00. The molecule has 1 saturated heterocycles. The Morgan fingerprint density at radius 3 is 2.48 bits per heavy atom.